The van der Waals surface area contributed by atoms with Gasteiger partial charge in [-0.2, -0.15) is 0 Å². The Morgan fingerprint density at radius 2 is 1.86 bits per heavy atom. The van der Waals surface area contributed by atoms with Gasteiger partial charge in [0.1, 0.15) is 0 Å². The van der Waals surface area contributed by atoms with Crippen LogP contribution in [0.25, 0.3) is 5.57 Å². The fourth-order valence-electron chi connectivity index (χ4n) is 2.77. The molecule has 2 aromatic rings. The van der Waals surface area contributed by atoms with Crippen LogP contribution in [0.3, 0.4) is 0 Å². The highest BCUT2D eigenvalue weighted by Crippen LogP contribution is 2.28. The predicted octanol–water partition coefficient (Wildman–Crippen LogP) is 5.55. The Balaban J connectivity index is 2.03. The monoisotopic (exact) mass is 421 g/mol. The van der Waals surface area contributed by atoms with Gasteiger partial charge in [-0.25, -0.2) is 0 Å². The average molecular weight is 422 g/mol. The minimum Gasteiger partial charge on any atom is -0.493 e. The molecule has 0 unspecified atom stereocenters. The van der Waals surface area contributed by atoms with Crippen molar-refractivity contribution in [3.8, 4) is 11.5 Å². The quantitative estimate of drug-likeness (QED) is 0.539. The van der Waals surface area contributed by atoms with Crippen molar-refractivity contribution < 1.29 is 14.3 Å². The highest BCUT2D eigenvalue weighted by Gasteiger charge is 2.13. The second-order valence-electron chi connectivity index (χ2n) is 6.08. The molecule has 0 fully saturated rings. The molecule has 0 spiro atoms. The Morgan fingerprint density at radius 1 is 1.07 bits per heavy atom. The van der Waals surface area contributed by atoms with Crippen LogP contribution in [0.2, 0.25) is 10.0 Å². The zero-order valence-electron chi connectivity index (χ0n) is 16.4. The molecular formula is C22H25Cl2NO3. The van der Waals surface area contributed by atoms with E-state index in [2.05, 4.69) is 5.32 Å². The van der Waals surface area contributed by atoms with Gasteiger partial charge in [-0.3, -0.25) is 4.79 Å². The number of methoxy groups -OCH3 is 1. The molecule has 0 heterocycles. The van der Waals surface area contributed by atoms with E-state index in [1.54, 1.807) is 25.3 Å². The number of benzene rings is 2. The molecule has 1 amide bonds. The molecule has 0 aliphatic heterocycles. The summed E-state index contributed by atoms with van der Waals surface area (Å²) >= 11 is 12.1. The lowest BCUT2D eigenvalue weighted by Crippen LogP contribution is -2.26. The molecule has 0 radical (unpaired) electrons. The van der Waals surface area contributed by atoms with Crippen LogP contribution in [0, 0.1) is 0 Å². The average Bonchev–Trinajstić information content (AvgIpc) is 2.69. The number of allylic oxidation sites excluding steroid dienone is 1. The summed E-state index contributed by atoms with van der Waals surface area (Å²) < 4.78 is 10.9. The first-order valence-electron chi connectivity index (χ1n) is 9.23. The Bertz CT molecular complexity index is 850. The van der Waals surface area contributed by atoms with Crippen molar-refractivity contribution >= 4 is 34.7 Å². The minimum atomic E-state index is -0.141. The van der Waals surface area contributed by atoms with Crippen LogP contribution in [-0.4, -0.2) is 26.2 Å². The predicted molar refractivity (Wildman–Crippen MR) is 116 cm³/mol. The van der Waals surface area contributed by atoms with E-state index < -0.39 is 0 Å². The van der Waals surface area contributed by atoms with Gasteiger partial charge in [-0.05, 0) is 55.2 Å². The Morgan fingerprint density at radius 3 is 2.50 bits per heavy atom. The second kappa shape index (κ2) is 11.0. The maximum Gasteiger partial charge on any atom is 0.251 e. The first kappa shape index (κ1) is 22.1. The van der Waals surface area contributed by atoms with Gasteiger partial charge in [0.2, 0.25) is 0 Å². The molecular weight excluding hydrogens is 397 g/mol. The summed E-state index contributed by atoms with van der Waals surface area (Å²) in [6.07, 6.45) is 3.29. The summed E-state index contributed by atoms with van der Waals surface area (Å²) in [5, 5.41) is 3.86. The highest BCUT2D eigenvalue weighted by atomic mass is 35.5. The molecule has 0 bridgehead atoms. The van der Waals surface area contributed by atoms with Crippen molar-refractivity contribution in [2.24, 2.45) is 0 Å². The lowest BCUT2D eigenvalue weighted by atomic mass is 10.0. The number of ether oxygens (including phenoxy) is 2. The van der Waals surface area contributed by atoms with E-state index in [-0.39, 0.29) is 5.91 Å². The molecule has 2 rings (SSSR count). The summed E-state index contributed by atoms with van der Waals surface area (Å²) in [5.74, 6) is 1.26. The van der Waals surface area contributed by atoms with Crippen LogP contribution >= 0.6 is 23.2 Å². The van der Waals surface area contributed by atoms with E-state index >= 15 is 0 Å². The molecule has 2 aromatic carbocycles. The van der Waals surface area contributed by atoms with Crippen molar-refractivity contribution in [3.05, 3.63) is 63.6 Å². The molecule has 4 nitrogen and oxygen atoms in total. The first-order chi connectivity index (χ1) is 13.5. The molecule has 0 atom stereocenters. The van der Waals surface area contributed by atoms with Gasteiger partial charge in [0, 0.05) is 12.1 Å². The normalized spacial score (nSPS) is 11.2. The third kappa shape index (κ3) is 5.91. The van der Waals surface area contributed by atoms with E-state index in [1.807, 2.05) is 38.1 Å². The van der Waals surface area contributed by atoms with Crippen LogP contribution in [0.1, 0.15) is 31.4 Å². The van der Waals surface area contributed by atoms with Crippen molar-refractivity contribution in [2.75, 3.05) is 20.3 Å². The van der Waals surface area contributed by atoms with Gasteiger partial charge in [0.05, 0.1) is 23.8 Å². The summed E-state index contributed by atoms with van der Waals surface area (Å²) in [7, 11) is 1.61. The minimum absolute atomic E-state index is 0.141. The summed E-state index contributed by atoms with van der Waals surface area (Å²) in [6, 6.07) is 11.0. The highest BCUT2D eigenvalue weighted by molar-refractivity contribution is 6.42. The molecule has 0 aliphatic rings. The molecule has 0 saturated carbocycles. The van der Waals surface area contributed by atoms with Gasteiger partial charge in [-0.1, -0.05) is 48.3 Å². The van der Waals surface area contributed by atoms with E-state index in [0.29, 0.717) is 46.7 Å². The summed E-state index contributed by atoms with van der Waals surface area (Å²) in [6.45, 7) is 4.99. The van der Waals surface area contributed by atoms with Crippen LogP contribution < -0.4 is 14.8 Å². The van der Waals surface area contributed by atoms with E-state index in [1.165, 1.54) is 0 Å². The number of carbonyl (C=O) groups is 1. The summed E-state index contributed by atoms with van der Waals surface area (Å²) in [5.41, 5.74) is 2.39. The van der Waals surface area contributed by atoms with Crippen LogP contribution in [0.15, 0.2) is 42.5 Å². The van der Waals surface area contributed by atoms with Crippen molar-refractivity contribution in [1.29, 1.82) is 0 Å². The molecule has 0 aromatic heterocycles. The second-order valence-corrected chi connectivity index (χ2v) is 6.89. The van der Waals surface area contributed by atoms with Crippen molar-refractivity contribution in [3.63, 3.8) is 0 Å². The number of halogens is 2. The number of nitrogens with one attached hydrogen (secondary N) is 1. The fourth-order valence-corrected chi connectivity index (χ4v) is 3.07. The maximum atomic E-state index is 12.7. The zero-order chi connectivity index (χ0) is 20.5. The molecule has 6 heteroatoms. The number of amides is 1. The maximum absolute atomic E-state index is 12.7. The fraction of sp³-hybridized carbons (Fsp3) is 0.318. The Hall–Kier alpha value is -2.17. The van der Waals surface area contributed by atoms with Gasteiger partial charge >= 0.3 is 0 Å². The zero-order valence-corrected chi connectivity index (χ0v) is 17.9. The van der Waals surface area contributed by atoms with E-state index in [4.69, 9.17) is 32.7 Å². The lowest BCUT2D eigenvalue weighted by Gasteiger charge is -2.12. The van der Waals surface area contributed by atoms with Crippen LogP contribution in [-0.2, 0) is 11.2 Å². The van der Waals surface area contributed by atoms with Gasteiger partial charge in [0.25, 0.3) is 5.91 Å². The van der Waals surface area contributed by atoms with Crippen molar-refractivity contribution in [1.82, 2.24) is 5.32 Å². The van der Waals surface area contributed by atoms with Crippen LogP contribution in [0.4, 0.5) is 0 Å². The number of hydrogen-bond donors (Lipinski definition) is 1. The third-order valence-corrected chi connectivity index (χ3v) is 4.85. The number of carbonyl (C=O) groups excluding carboxylic acids is 1. The lowest BCUT2D eigenvalue weighted by molar-refractivity contribution is -0.115. The molecule has 150 valence electrons. The number of rotatable bonds is 9. The van der Waals surface area contributed by atoms with E-state index in [9.17, 15) is 4.79 Å². The summed E-state index contributed by atoms with van der Waals surface area (Å²) in [4.78, 5) is 12.7. The van der Waals surface area contributed by atoms with Crippen LogP contribution in [0.5, 0.6) is 11.5 Å². The molecule has 28 heavy (non-hydrogen) atoms. The number of hydrogen-bond acceptors (Lipinski definition) is 3. The molecule has 0 aliphatic carbocycles. The smallest absolute Gasteiger partial charge is 0.251 e. The standard InChI is InChI=1S/C22H25Cl2NO3/c1-4-6-17(16-8-9-18(23)19(24)14-16)22(26)25-12-11-15-7-10-20(28-5-2)21(13-15)27-3/h6-10,13-14H,4-5,11-12H2,1-3H3,(H,25,26). The topological polar surface area (TPSA) is 47.6 Å². The van der Waals surface area contributed by atoms with Gasteiger partial charge in [-0.15, -0.1) is 0 Å². The van der Waals surface area contributed by atoms with Gasteiger partial charge < -0.3 is 14.8 Å². The third-order valence-electron chi connectivity index (χ3n) is 4.11. The first-order valence-corrected chi connectivity index (χ1v) is 9.99. The van der Waals surface area contributed by atoms with E-state index in [0.717, 1.165) is 17.5 Å². The molecule has 1 N–H and O–H groups in total. The largest absolute Gasteiger partial charge is 0.493 e. The molecule has 0 saturated heterocycles. The Kier molecular flexibility index (Phi) is 8.68. The van der Waals surface area contributed by atoms with Gasteiger partial charge in [0.15, 0.2) is 11.5 Å². The SMILES string of the molecule is CCC=C(C(=O)NCCc1ccc(OCC)c(OC)c1)c1ccc(Cl)c(Cl)c1. The van der Waals surface area contributed by atoms with Crippen molar-refractivity contribution in [2.45, 2.75) is 26.7 Å². The Labute approximate surface area is 176 Å².